The lowest BCUT2D eigenvalue weighted by atomic mass is 10.0. The predicted octanol–water partition coefficient (Wildman–Crippen LogP) is 5.07. The number of hydrogen-bond acceptors (Lipinski definition) is 3. The minimum Gasteiger partial charge on any atom is -0.484 e. The maximum atomic E-state index is 13.4. The number of amides is 2. The van der Waals surface area contributed by atoms with Crippen molar-refractivity contribution in [2.45, 2.75) is 25.9 Å². The largest absolute Gasteiger partial charge is 0.484 e. The molecule has 0 spiro atoms. The highest BCUT2D eigenvalue weighted by molar-refractivity contribution is 6.42. The summed E-state index contributed by atoms with van der Waals surface area (Å²) in [5.74, 6) is 0.0207. The van der Waals surface area contributed by atoms with Gasteiger partial charge in [-0.25, -0.2) is 0 Å². The summed E-state index contributed by atoms with van der Waals surface area (Å²) in [5, 5.41) is 3.50. The average Bonchev–Trinajstić information content (AvgIpc) is 2.82. The molecule has 7 heteroatoms. The summed E-state index contributed by atoms with van der Waals surface area (Å²) in [6.07, 6.45) is 0.359. The van der Waals surface area contributed by atoms with Crippen molar-refractivity contribution in [2.75, 3.05) is 13.7 Å². The van der Waals surface area contributed by atoms with Crippen molar-refractivity contribution in [1.82, 2.24) is 10.2 Å². The summed E-state index contributed by atoms with van der Waals surface area (Å²) >= 11 is 12.2. The molecule has 1 atom stereocenters. The van der Waals surface area contributed by atoms with Crippen LogP contribution in [-0.4, -0.2) is 36.4 Å². The van der Waals surface area contributed by atoms with Gasteiger partial charge in [-0.3, -0.25) is 9.59 Å². The number of benzene rings is 3. The van der Waals surface area contributed by atoms with Crippen molar-refractivity contribution in [1.29, 1.82) is 0 Å². The van der Waals surface area contributed by atoms with Crippen LogP contribution in [0.2, 0.25) is 10.0 Å². The van der Waals surface area contributed by atoms with E-state index in [1.165, 1.54) is 4.90 Å². The Labute approximate surface area is 204 Å². The second kappa shape index (κ2) is 11.7. The van der Waals surface area contributed by atoms with Crippen LogP contribution in [-0.2, 0) is 22.6 Å². The molecule has 0 bridgehead atoms. The molecule has 2 amide bonds. The molecule has 3 aromatic carbocycles. The van der Waals surface area contributed by atoms with Gasteiger partial charge < -0.3 is 15.0 Å². The van der Waals surface area contributed by atoms with Gasteiger partial charge in [0.2, 0.25) is 5.91 Å². The Hall–Kier alpha value is -3.02. The predicted molar refractivity (Wildman–Crippen MR) is 132 cm³/mol. The number of nitrogens with zero attached hydrogens (tertiary/aromatic N) is 1. The van der Waals surface area contributed by atoms with Gasteiger partial charge in [-0.2, -0.15) is 0 Å². The summed E-state index contributed by atoms with van der Waals surface area (Å²) in [7, 11) is 1.56. The third-order valence-corrected chi connectivity index (χ3v) is 5.95. The molecular weight excluding hydrogens is 459 g/mol. The molecule has 3 rings (SSSR count). The maximum absolute atomic E-state index is 13.4. The van der Waals surface area contributed by atoms with Gasteiger partial charge in [-0.1, -0.05) is 71.7 Å². The summed E-state index contributed by atoms with van der Waals surface area (Å²) in [6.45, 7) is 1.93. The number of likely N-dealkylation sites (N-methyl/N-ethyl adjacent to an activating group) is 1. The highest BCUT2D eigenvalue weighted by Gasteiger charge is 2.30. The van der Waals surface area contributed by atoms with Crippen LogP contribution >= 0.6 is 23.2 Å². The van der Waals surface area contributed by atoms with E-state index in [-0.39, 0.29) is 25.0 Å². The Balaban J connectivity index is 1.89. The second-order valence-corrected chi connectivity index (χ2v) is 8.51. The standard InChI is InChI=1S/C26H26Cl2N2O3/c1-18-7-6-10-21(13-18)33-17-25(31)30(16-20-11-12-22(27)23(28)14-20)24(26(32)29-2)15-19-8-4-3-5-9-19/h3-14,24H,15-17H2,1-2H3,(H,29,32)/t24-/m0/s1. The Morgan fingerprint density at radius 2 is 1.70 bits per heavy atom. The molecule has 1 N–H and O–H groups in total. The SMILES string of the molecule is CNC(=O)[C@H](Cc1ccccc1)N(Cc1ccc(Cl)c(Cl)c1)C(=O)COc1cccc(C)c1. The van der Waals surface area contributed by atoms with E-state index in [0.717, 1.165) is 16.7 Å². The molecule has 0 heterocycles. The summed E-state index contributed by atoms with van der Waals surface area (Å²) in [6, 6.07) is 21.5. The fraction of sp³-hybridized carbons (Fsp3) is 0.231. The first-order valence-electron chi connectivity index (χ1n) is 10.6. The zero-order valence-electron chi connectivity index (χ0n) is 18.6. The van der Waals surface area contributed by atoms with Gasteiger partial charge in [-0.15, -0.1) is 0 Å². The van der Waals surface area contributed by atoms with E-state index in [1.54, 1.807) is 31.3 Å². The van der Waals surface area contributed by atoms with E-state index >= 15 is 0 Å². The van der Waals surface area contributed by atoms with E-state index in [2.05, 4.69) is 5.32 Å². The highest BCUT2D eigenvalue weighted by Crippen LogP contribution is 2.24. The molecule has 0 aliphatic rings. The third-order valence-electron chi connectivity index (χ3n) is 5.21. The molecule has 5 nitrogen and oxygen atoms in total. The lowest BCUT2D eigenvalue weighted by molar-refractivity contribution is -0.142. The van der Waals surface area contributed by atoms with Gasteiger partial charge in [0.1, 0.15) is 11.8 Å². The zero-order valence-corrected chi connectivity index (χ0v) is 20.1. The van der Waals surface area contributed by atoms with Crippen molar-refractivity contribution < 1.29 is 14.3 Å². The van der Waals surface area contributed by atoms with Gasteiger partial charge >= 0.3 is 0 Å². The van der Waals surface area contributed by atoms with Crippen LogP contribution < -0.4 is 10.1 Å². The maximum Gasteiger partial charge on any atom is 0.261 e. The number of ether oxygens (including phenoxy) is 1. The molecule has 0 aliphatic carbocycles. The van der Waals surface area contributed by atoms with Crippen LogP contribution in [0.1, 0.15) is 16.7 Å². The second-order valence-electron chi connectivity index (χ2n) is 7.70. The summed E-state index contributed by atoms with van der Waals surface area (Å²) < 4.78 is 5.75. The number of carbonyl (C=O) groups is 2. The van der Waals surface area contributed by atoms with Crippen molar-refractivity contribution >= 4 is 35.0 Å². The molecule has 0 aromatic heterocycles. The molecule has 0 saturated carbocycles. The van der Waals surface area contributed by atoms with Crippen LogP contribution in [0.25, 0.3) is 0 Å². The Bertz CT molecular complexity index is 1110. The summed E-state index contributed by atoms with van der Waals surface area (Å²) in [4.78, 5) is 27.8. The number of nitrogens with one attached hydrogen (secondary N) is 1. The molecule has 0 aliphatic heterocycles. The first-order chi connectivity index (χ1) is 15.9. The average molecular weight is 485 g/mol. The number of carbonyl (C=O) groups excluding carboxylic acids is 2. The number of halogens is 2. The molecule has 33 heavy (non-hydrogen) atoms. The van der Waals surface area contributed by atoms with E-state index in [0.29, 0.717) is 22.2 Å². The topological polar surface area (TPSA) is 58.6 Å². The fourth-order valence-electron chi connectivity index (χ4n) is 3.49. The Morgan fingerprint density at radius 3 is 2.36 bits per heavy atom. The van der Waals surface area contributed by atoms with Gasteiger partial charge in [0.15, 0.2) is 6.61 Å². The van der Waals surface area contributed by atoms with Crippen LogP contribution in [0.5, 0.6) is 5.75 Å². The Morgan fingerprint density at radius 1 is 0.939 bits per heavy atom. The normalized spacial score (nSPS) is 11.5. The van der Waals surface area contributed by atoms with E-state index in [4.69, 9.17) is 27.9 Å². The van der Waals surface area contributed by atoms with Crippen LogP contribution in [0.4, 0.5) is 0 Å². The first kappa shape index (κ1) is 24.6. The monoisotopic (exact) mass is 484 g/mol. The van der Waals surface area contributed by atoms with Gasteiger partial charge in [-0.05, 0) is 47.9 Å². The number of aryl methyl sites for hydroxylation is 1. The molecule has 0 fully saturated rings. The van der Waals surface area contributed by atoms with E-state index in [9.17, 15) is 9.59 Å². The van der Waals surface area contributed by atoms with Gasteiger partial charge in [0, 0.05) is 20.0 Å². The van der Waals surface area contributed by atoms with E-state index in [1.807, 2.05) is 55.5 Å². The number of rotatable bonds is 9. The zero-order chi connectivity index (χ0) is 23.8. The quantitative estimate of drug-likeness (QED) is 0.461. The molecule has 0 saturated heterocycles. The van der Waals surface area contributed by atoms with Crippen molar-refractivity contribution in [3.8, 4) is 5.75 Å². The van der Waals surface area contributed by atoms with Crippen molar-refractivity contribution in [3.63, 3.8) is 0 Å². The van der Waals surface area contributed by atoms with Crippen molar-refractivity contribution in [3.05, 3.63) is 99.5 Å². The third kappa shape index (κ3) is 6.98. The van der Waals surface area contributed by atoms with Gasteiger partial charge in [0.05, 0.1) is 10.0 Å². The van der Waals surface area contributed by atoms with Crippen LogP contribution in [0.3, 0.4) is 0 Å². The van der Waals surface area contributed by atoms with Crippen LogP contribution in [0.15, 0.2) is 72.8 Å². The smallest absolute Gasteiger partial charge is 0.261 e. The lowest BCUT2D eigenvalue weighted by Crippen LogP contribution is -2.51. The van der Waals surface area contributed by atoms with E-state index < -0.39 is 6.04 Å². The molecule has 0 radical (unpaired) electrons. The molecule has 172 valence electrons. The van der Waals surface area contributed by atoms with Crippen LogP contribution in [0, 0.1) is 6.92 Å². The molecule has 3 aromatic rings. The summed E-state index contributed by atoms with van der Waals surface area (Å²) in [5.41, 5.74) is 2.73. The molecular formula is C26H26Cl2N2O3. The minimum atomic E-state index is -0.736. The lowest BCUT2D eigenvalue weighted by Gasteiger charge is -2.31. The first-order valence-corrected chi connectivity index (χ1v) is 11.3. The fourth-order valence-corrected chi connectivity index (χ4v) is 3.81. The minimum absolute atomic E-state index is 0.178. The van der Waals surface area contributed by atoms with Gasteiger partial charge in [0.25, 0.3) is 5.91 Å². The number of hydrogen-bond donors (Lipinski definition) is 1. The van der Waals surface area contributed by atoms with Crippen molar-refractivity contribution in [2.24, 2.45) is 0 Å². The Kier molecular flexibility index (Phi) is 8.75. The highest BCUT2D eigenvalue weighted by atomic mass is 35.5. The molecule has 0 unspecified atom stereocenters.